The van der Waals surface area contributed by atoms with Crippen LogP contribution in [0.1, 0.15) is 19.8 Å². The van der Waals surface area contributed by atoms with Crippen molar-refractivity contribution in [2.24, 2.45) is 4.99 Å². The zero-order valence-electron chi connectivity index (χ0n) is 15.8. The zero-order chi connectivity index (χ0) is 20.1. The van der Waals surface area contributed by atoms with Crippen molar-refractivity contribution in [3.63, 3.8) is 0 Å². The van der Waals surface area contributed by atoms with Gasteiger partial charge in [-0.3, -0.25) is 4.79 Å². The molecule has 3 rings (SSSR count). The summed E-state index contributed by atoms with van der Waals surface area (Å²) in [4.78, 5) is 18.7. The zero-order valence-corrected chi connectivity index (χ0v) is 18.2. The molecule has 0 saturated carbocycles. The molecule has 8 heteroatoms. The number of thiazole rings is 1. The number of benzene rings is 2. The van der Waals surface area contributed by atoms with E-state index in [-0.39, 0.29) is 10.8 Å². The van der Waals surface area contributed by atoms with Gasteiger partial charge in [-0.05, 0) is 36.8 Å². The molecule has 0 saturated heterocycles. The Bertz CT molecular complexity index is 1150. The van der Waals surface area contributed by atoms with Crippen LogP contribution in [0.15, 0.2) is 63.3 Å². The average molecular weight is 435 g/mol. The lowest BCUT2D eigenvalue weighted by Crippen LogP contribution is -2.17. The molecule has 28 heavy (non-hydrogen) atoms. The molecule has 0 spiro atoms. The highest BCUT2D eigenvalue weighted by Crippen LogP contribution is 2.22. The van der Waals surface area contributed by atoms with Crippen molar-refractivity contribution in [2.75, 3.05) is 12.0 Å². The first-order valence-corrected chi connectivity index (χ1v) is 12.7. The van der Waals surface area contributed by atoms with E-state index in [0.717, 1.165) is 28.1 Å². The van der Waals surface area contributed by atoms with Gasteiger partial charge in [0.25, 0.3) is 0 Å². The van der Waals surface area contributed by atoms with Crippen molar-refractivity contribution in [3.8, 4) is 0 Å². The number of thioether (sulfide) groups is 1. The fourth-order valence-corrected chi connectivity index (χ4v) is 5.44. The van der Waals surface area contributed by atoms with Crippen LogP contribution in [0.5, 0.6) is 0 Å². The van der Waals surface area contributed by atoms with E-state index in [9.17, 15) is 13.2 Å². The Balaban J connectivity index is 1.85. The van der Waals surface area contributed by atoms with Crippen molar-refractivity contribution in [3.05, 3.63) is 53.3 Å². The molecule has 0 radical (unpaired) electrons. The van der Waals surface area contributed by atoms with Gasteiger partial charge in [-0.25, -0.2) is 8.42 Å². The maximum atomic E-state index is 12.4. The lowest BCUT2D eigenvalue weighted by atomic mass is 10.3. The third-order valence-electron chi connectivity index (χ3n) is 4.08. The molecular formula is C20H22N2O3S3. The van der Waals surface area contributed by atoms with Crippen LogP contribution in [-0.2, 0) is 21.2 Å². The standard InChI is InChI=1S/C20H22N2O3S3/c1-3-12-22-17-10-9-16(28(2,24)25)14-18(17)27-20(22)21-19(23)11-13-26-15-7-5-4-6-8-15/h4-10,14H,3,11-13H2,1-2H3. The monoisotopic (exact) mass is 434 g/mol. The lowest BCUT2D eigenvalue weighted by molar-refractivity contribution is -0.117. The van der Waals surface area contributed by atoms with E-state index in [1.54, 1.807) is 30.0 Å². The maximum absolute atomic E-state index is 12.4. The van der Waals surface area contributed by atoms with Crippen molar-refractivity contribution in [1.29, 1.82) is 0 Å². The average Bonchev–Trinajstić information content (AvgIpc) is 2.99. The van der Waals surface area contributed by atoms with Crippen LogP contribution in [0.2, 0.25) is 0 Å². The Hall–Kier alpha value is -1.90. The summed E-state index contributed by atoms with van der Waals surface area (Å²) < 4.78 is 26.5. The molecule has 1 heterocycles. The summed E-state index contributed by atoms with van der Waals surface area (Å²) in [5.41, 5.74) is 0.907. The van der Waals surface area contributed by atoms with Gasteiger partial charge in [0.2, 0.25) is 5.91 Å². The van der Waals surface area contributed by atoms with E-state index in [4.69, 9.17) is 0 Å². The molecule has 3 aromatic rings. The normalized spacial score (nSPS) is 12.6. The topological polar surface area (TPSA) is 68.5 Å². The van der Waals surface area contributed by atoms with Gasteiger partial charge in [-0.1, -0.05) is 36.5 Å². The highest BCUT2D eigenvalue weighted by Gasteiger charge is 2.12. The van der Waals surface area contributed by atoms with Gasteiger partial charge in [0, 0.05) is 29.9 Å². The Morgan fingerprint density at radius 2 is 1.93 bits per heavy atom. The van der Waals surface area contributed by atoms with Gasteiger partial charge in [-0.2, -0.15) is 4.99 Å². The second-order valence-electron chi connectivity index (χ2n) is 6.36. The number of aromatic nitrogens is 1. The highest BCUT2D eigenvalue weighted by atomic mass is 32.2. The van der Waals surface area contributed by atoms with Crippen LogP contribution >= 0.6 is 23.1 Å². The molecule has 0 aliphatic rings. The largest absolute Gasteiger partial charge is 0.316 e. The van der Waals surface area contributed by atoms with E-state index in [1.807, 2.05) is 34.9 Å². The number of sulfone groups is 1. The predicted molar refractivity (Wildman–Crippen MR) is 116 cm³/mol. The summed E-state index contributed by atoms with van der Waals surface area (Å²) in [6.45, 7) is 2.78. The minimum atomic E-state index is -3.27. The minimum absolute atomic E-state index is 0.164. The van der Waals surface area contributed by atoms with Gasteiger partial charge in [-0.15, -0.1) is 11.8 Å². The summed E-state index contributed by atoms with van der Waals surface area (Å²) in [6, 6.07) is 15.0. The summed E-state index contributed by atoms with van der Waals surface area (Å²) in [6.07, 6.45) is 2.44. The number of hydrogen-bond acceptors (Lipinski definition) is 5. The third-order valence-corrected chi connectivity index (χ3v) is 7.24. The smallest absolute Gasteiger partial charge is 0.249 e. The Labute approximate surface area is 173 Å². The van der Waals surface area contributed by atoms with Crippen molar-refractivity contribution >= 4 is 49.1 Å². The molecule has 148 valence electrons. The van der Waals surface area contributed by atoms with Crippen LogP contribution < -0.4 is 4.80 Å². The van der Waals surface area contributed by atoms with Crippen molar-refractivity contribution < 1.29 is 13.2 Å². The Morgan fingerprint density at radius 3 is 2.61 bits per heavy atom. The first-order valence-electron chi connectivity index (χ1n) is 8.97. The lowest BCUT2D eigenvalue weighted by Gasteiger charge is -2.03. The summed E-state index contributed by atoms with van der Waals surface area (Å²) in [5.74, 6) is 0.506. The van der Waals surface area contributed by atoms with E-state index >= 15 is 0 Å². The Kier molecular flexibility index (Phi) is 6.74. The van der Waals surface area contributed by atoms with Crippen LogP contribution in [0, 0.1) is 0 Å². The second kappa shape index (κ2) is 9.07. The molecule has 0 aliphatic heterocycles. The molecule has 0 N–H and O–H groups in total. The molecule has 0 aliphatic carbocycles. The number of amides is 1. The summed E-state index contributed by atoms with van der Waals surface area (Å²) >= 11 is 2.99. The van der Waals surface area contributed by atoms with Gasteiger partial charge in [0.1, 0.15) is 0 Å². The summed E-state index contributed by atoms with van der Waals surface area (Å²) in [7, 11) is -3.27. The summed E-state index contributed by atoms with van der Waals surface area (Å²) in [5, 5.41) is 0. The minimum Gasteiger partial charge on any atom is -0.316 e. The first-order chi connectivity index (χ1) is 13.4. The Morgan fingerprint density at radius 1 is 1.18 bits per heavy atom. The SMILES string of the molecule is CCCn1c(=NC(=O)CCSc2ccccc2)sc2cc(S(C)(=O)=O)ccc21. The van der Waals surface area contributed by atoms with E-state index < -0.39 is 9.84 Å². The molecule has 2 aromatic carbocycles. The van der Waals surface area contributed by atoms with Crippen LogP contribution in [-0.4, -0.2) is 30.9 Å². The van der Waals surface area contributed by atoms with Crippen molar-refractivity contribution in [1.82, 2.24) is 4.57 Å². The fourth-order valence-electron chi connectivity index (χ4n) is 2.74. The van der Waals surface area contributed by atoms with Gasteiger partial charge < -0.3 is 4.57 Å². The van der Waals surface area contributed by atoms with Crippen LogP contribution in [0.4, 0.5) is 0 Å². The molecule has 0 bridgehead atoms. The molecule has 1 aromatic heterocycles. The van der Waals surface area contributed by atoms with Crippen LogP contribution in [0.25, 0.3) is 10.2 Å². The molecule has 1 amide bonds. The van der Waals surface area contributed by atoms with Crippen LogP contribution in [0.3, 0.4) is 0 Å². The molecule has 0 atom stereocenters. The number of hydrogen-bond donors (Lipinski definition) is 0. The maximum Gasteiger partial charge on any atom is 0.249 e. The number of carbonyl (C=O) groups excluding carboxylic acids is 1. The first kappa shape index (κ1) is 20.8. The van der Waals surface area contributed by atoms with E-state index in [1.165, 1.54) is 17.6 Å². The van der Waals surface area contributed by atoms with E-state index in [0.29, 0.717) is 17.0 Å². The van der Waals surface area contributed by atoms with Gasteiger partial charge in [0.05, 0.1) is 15.1 Å². The molecule has 5 nitrogen and oxygen atoms in total. The fraction of sp³-hybridized carbons (Fsp3) is 0.300. The number of aryl methyl sites for hydroxylation is 1. The number of rotatable bonds is 7. The second-order valence-corrected chi connectivity index (χ2v) is 10.5. The van der Waals surface area contributed by atoms with E-state index in [2.05, 4.69) is 11.9 Å². The van der Waals surface area contributed by atoms with Gasteiger partial charge >= 0.3 is 0 Å². The van der Waals surface area contributed by atoms with Gasteiger partial charge in [0.15, 0.2) is 14.6 Å². The number of nitrogens with zero attached hydrogens (tertiary/aromatic N) is 2. The van der Waals surface area contributed by atoms with Crippen molar-refractivity contribution in [2.45, 2.75) is 36.1 Å². The third kappa shape index (κ3) is 5.12. The molecule has 0 fully saturated rings. The molecular weight excluding hydrogens is 412 g/mol. The number of carbonyl (C=O) groups is 1. The highest BCUT2D eigenvalue weighted by molar-refractivity contribution is 7.99. The number of fused-ring (bicyclic) bond motifs is 1. The molecule has 0 unspecified atom stereocenters. The predicted octanol–water partition coefficient (Wildman–Crippen LogP) is 4.13. The quantitative estimate of drug-likeness (QED) is 0.525.